The Morgan fingerprint density at radius 1 is 0.284 bits per heavy atom. The zero-order chi connectivity index (χ0) is 49.0. The summed E-state index contributed by atoms with van der Waals surface area (Å²) in [5, 5.41) is 7.91. The van der Waals surface area contributed by atoms with Crippen LogP contribution in [0.1, 0.15) is 22.3 Å². The van der Waals surface area contributed by atoms with Crippen molar-refractivity contribution in [3.05, 3.63) is 295 Å². The Bertz CT molecular complexity index is 3680. The van der Waals surface area contributed by atoms with E-state index >= 15 is 0 Å². The zero-order valence-corrected chi connectivity index (χ0v) is 42.2. The van der Waals surface area contributed by atoms with Crippen LogP contribution < -0.4 is 30.5 Å². The van der Waals surface area contributed by atoms with Crippen molar-refractivity contribution in [1.82, 2.24) is 4.57 Å². The number of hydrogen-bond acceptors (Lipinski definition) is 2. The molecule has 2 aliphatic rings. The molecule has 0 bridgehead atoms. The fourth-order valence-corrected chi connectivity index (χ4v) is 17.5. The number of fused-ring (bicyclic) bond motifs is 7. The van der Waals surface area contributed by atoms with Crippen LogP contribution in [0.5, 0.6) is 0 Å². The Balaban J connectivity index is 0.971. The molecule has 0 unspecified atom stereocenters. The van der Waals surface area contributed by atoms with Gasteiger partial charge in [-0.15, -0.1) is 0 Å². The van der Waals surface area contributed by atoms with Crippen molar-refractivity contribution in [3.8, 4) is 16.8 Å². The Morgan fingerprint density at radius 2 is 0.622 bits per heavy atom. The van der Waals surface area contributed by atoms with Gasteiger partial charge in [0, 0.05) is 50.6 Å². The average molecular weight is 964 g/mol. The van der Waals surface area contributed by atoms with E-state index in [2.05, 4.69) is 287 Å². The maximum absolute atomic E-state index is 2.81. The van der Waals surface area contributed by atoms with Gasteiger partial charge in [-0.3, -0.25) is 0 Å². The number of anilines is 6. The van der Waals surface area contributed by atoms with Crippen LogP contribution in [0.25, 0.3) is 38.6 Å². The molecule has 11 aromatic carbocycles. The molecule has 0 fully saturated rings. The highest BCUT2D eigenvalue weighted by Crippen LogP contribution is 2.47. The molecule has 2 aliphatic heterocycles. The standard InChI is InChI=1S/C70H53N3Si/c1-4-24-58(25-5-1)74(59-26-6-2-7-27-59,60-28-8-3-9-29-60)70-35-19-14-30-61(70)50-40-42-55(43-41-50)71-68-46-44-56(72-64-31-15-10-20-51(64)36-37-52-21-11-16-32-65(52)72)48-62(68)63-49-57(45-47-69(63)71)73-66-33-17-12-22-53(66)38-39-54-23-13-18-34-67(54)73/h1-35,40-49H,36-39H2. The van der Waals surface area contributed by atoms with E-state index in [1.165, 1.54) is 98.7 Å². The van der Waals surface area contributed by atoms with E-state index in [4.69, 9.17) is 0 Å². The molecule has 4 heteroatoms. The molecule has 0 N–H and O–H groups in total. The van der Waals surface area contributed by atoms with Crippen molar-refractivity contribution in [2.75, 3.05) is 9.80 Å². The van der Waals surface area contributed by atoms with E-state index in [1.54, 1.807) is 0 Å². The van der Waals surface area contributed by atoms with Crippen LogP contribution in [-0.4, -0.2) is 12.6 Å². The fraction of sp³-hybridized carbons (Fsp3) is 0.0571. The van der Waals surface area contributed by atoms with Gasteiger partial charge in [0.15, 0.2) is 8.07 Å². The van der Waals surface area contributed by atoms with Crippen LogP contribution in [0.2, 0.25) is 0 Å². The first-order valence-electron chi connectivity index (χ1n) is 26.1. The molecular weight excluding hydrogens is 911 g/mol. The summed E-state index contributed by atoms with van der Waals surface area (Å²) in [5.41, 5.74) is 18.7. The number of rotatable bonds is 8. The maximum Gasteiger partial charge on any atom is 0.180 e. The molecule has 0 spiro atoms. The van der Waals surface area contributed by atoms with Crippen molar-refractivity contribution in [2.45, 2.75) is 25.7 Å². The van der Waals surface area contributed by atoms with E-state index in [1.807, 2.05) is 0 Å². The van der Waals surface area contributed by atoms with Gasteiger partial charge in [0.2, 0.25) is 0 Å². The highest BCUT2D eigenvalue weighted by Gasteiger charge is 2.43. The van der Waals surface area contributed by atoms with Crippen LogP contribution >= 0.6 is 0 Å². The molecule has 0 saturated heterocycles. The largest absolute Gasteiger partial charge is 0.310 e. The zero-order valence-electron chi connectivity index (χ0n) is 41.2. The molecule has 0 atom stereocenters. The SMILES string of the molecule is c1ccc([Si](c2ccccc2)(c2ccccc2)c2ccccc2-c2ccc(-n3c4ccc(N5c6ccccc6CCc6ccccc65)cc4c4cc(N5c6ccccc6CCc6ccccc65)ccc43)cc2)cc1. The molecule has 3 heterocycles. The first-order valence-corrected chi connectivity index (χ1v) is 28.1. The lowest BCUT2D eigenvalue weighted by Crippen LogP contribution is -2.75. The normalized spacial score (nSPS) is 13.1. The monoisotopic (exact) mass is 963 g/mol. The number of nitrogens with zero attached hydrogens (tertiary/aromatic N) is 3. The molecule has 74 heavy (non-hydrogen) atoms. The van der Waals surface area contributed by atoms with Crippen LogP contribution in [0, 0.1) is 0 Å². The van der Waals surface area contributed by atoms with Gasteiger partial charge >= 0.3 is 0 Å². The Kier molecular flexibility index (Phi) is 10.8. The third-order valence-electron chi connectivity index (χ3n) is 15.9. The van der Waals surface area contributed by atoms with E-state index in [0.717, 1.165) is 42.7 Å². The van der Waals surface area contributed by atoms with E-state index < -0.39 is 8.07 Å². The summed E-state index contributed by atoms with van der Waals surface area (Å²) in [6.45, 7) is 0. The van der Waals surface area contributed by atoms with E-state index in [0.29, 0.717) is 0 Å². The Morgan fingerprint density at radius 3 is 1.03 bits per heavy atom. The van der Waals surface area contributed by atoms with Crippen molar-refractivity contribution in [2.24, 2.45) is 0 Å². The average Bonchev–Trinajstić information content (AvgIpc) is 3.57. The smallest absolute Gasteiger partial charge is 0.180 e. The van der Waals surface area contributed by atoms with Gasteiger partial charge in [-0.2, -0.15) is 0 Å². The summed E-state index contributed by atoms with van der Waals surface area (Å²) in [6.07, 6.45) is 4.01. The first kappa shape index (κ1) is 43.8. The number of hydrogen-bond donors (Lipinski definition) is 0. The molecule has 0 aliphatic carbocycles. The van der Waals surface area contributed by atoms with E-state index in [9.17, 15) is 0 Å². The Labute approximate surface area is 434 Å². The minimum absolute atomic E-state index is 1.00. The van der Waals surface area contributed by atoms with Crippen molar-refractivity contribution < 1.29 is 0 Å². The lowest BCUT2D eigenvalue weighted by Gasteiger charge is -2.36. The highest BCUT2D eigenvalue weighted by atomic mass is 28.3. The Hall–Kier alpha value is -8.96. The fourth-order valence-electron chi connectivity index (χ4n) is 12.6. The number of aromatic nitrogens is 1. The molecule has 352 valence electrons. The second kappa shape index (κ2) is 18.3. The van der Waals surface area contributed by atoms with Crippen LogP contribution in [-0.2, 0) is 25.7 Å². The summed E-state index contributed by atoms with van der Waals surface area (Å²) in [5.74, 6) is 0. The van der Waals surface area contributed by atoms with Gasteiger partial charge in [0.05, 0.1) is 11.0 Å². The van der Waals surface area contributed by atoms with Gasteiger partial charge in [-0.25, -0.2) is 0 Å². The van der Waals surface area contributed by atoms with Crippen LogP contribution in [0.4, 0.5) is 34.1 Å². The molecule has 0 amide bonds. The minimum atomic E-state index is -2.81. The van der Waals surface area contributed by atoms with Crippen molar-refractivity contribution in [3.63, 3.8) is 0 Å². The summed E-state index contributed by atoms with van der Waals surface area (Å²) in [6, 6.07) is 102. The lowest BCUT2D eigenvalue weighted by molar-refractivity contribution is 0.977. The summed E-state index contributed by atoms with van der Waals surface area (Å²) in [4.78, 5) is 5.00. The summed E-state index contributed by atoms with van der Waals surface area (Å²) in [7, 11) is -2.81. The van der Waals surface area contributed by atoms with Crippen LogP contribution in [0.3, 0.4) is 0 Å². The quantitative estimate of drug-likeness (QED) is 0.111. The second-order valence-corrected chi connectivity index (χ2v) is 23.6. The van der Waals surface area contributed by atoms with Gasteiger partial charge < -0.3 is 14.4 Å². The van der Waals surface area contributed by atoms with Gasteiger partial charge in [-0.05, 0) is 153 Å². The summed E-state index contributed by atoms with van der Waals surface area (Å²) < 4.78 is 2.49. The molecule has 12 aromatic rings. The third kappa shape index (κ3) is 7.16. The highest BCUT2D eigenvalue weighted by molar-refractivity contribution is 7.20. The number of aryl methyl sites for hydroxylation is 4. The van der Waals surface area contributed by atoms with E-state index in [-0.39, 0.29) is 0 Å². The van der Waals surface area contributed by atoms with Crippen molar-refractivity contribution in [1.29, 1.82) is 0 Å². The van der Waals surface area contributed by atoms with Gasteiger partial charge in [-0.1, -0.05) is 200 Å². The van der Waals surface area contributed by atoms with Crippen molar-refractivity contribution >= 4 is 84.8 Å². The molecule has 0 saturated carbocycles. The van der Waals surface area contributed by atoms with Gasteiger partial charge in [0.1, 0.15) is 0 Å². The maximum atomic E-state index is 2.50. The molecular formula is C70H53N3Si. The topological polar surface area (TPSA) is 11.4 Å². The summed E-state index contributed by atoms with van der Waals surface area (Å²) >= 11 is 0. The predicted octanol–water partition coefficient (Wildman–Crippen LogP) is 15.0. The number of benzene rings is 11. The van der Waals surface area contributed by atoms with Gasteiger partial charge in [0.25, 0.3) is 0 Å². The van der Waals surface area contributed by atoms with Crippen LogP contribution in [0.15, 0.2) is 273 Å². The third-order valence-corrected chi connectivity index (χ3v) is 20.7. The second-order valence-electron chi connectivity index (χ2n) is 19.9. The predicted molar refractivity (Wildman–Crippen MR) is 314 cm³/mol. The lowest BCUT2D eigenvalue weighted by atomic mass is 10.0. The molecule has 0 radical (unpaired) electrons. The molecule has 3 nitrogen and oxygen atoms in total. The minimum Gasteiger partial charge on any atom is -0.310 e. The molecule has 14 rings (SSSR count). The number of para-hydroxylation sites is 4. The molecule has 1 aromatic heterocycles. The first-order chi connectivity index (χ1) is 36.7.